The van der Waals surface area contributed by atoms with Crippen LogP contribution in [-0.2, 0) is 6.54 Å². The van der Waals surface area contributed by atoms with Gasteiger partial charge in [0.1, 0.15) is 0 Å². The fraction of sp³-hybridized carbons (Fsp3) is 0.588. The molecule has 0 bridgehead atoms. The van der Waals surface area contributed by atoms with Gasteiger partial charge in [-0.25, -0.2) is 0 Å². The Labute approximate surface area is 132 Å². The van der Waals surface area contributed by atoms with E-state index in [1.54, 1.807) is 0 Å². The number of carbonyl (C=O) groups excluding carboxylic acids is 1. The van der Waals surface area contributed by atoms with E-state index in [0.717, 1.165) is 56.8 Å². The summed E-state index contributed by atoms with van der Waals surface area (Å²) in [7, 11) is 0. The summed E-state index contributed by atoms with van der Waals surface area (Å²) in [6.07, 6.45) is 1.46. The number of rotatable bonds is 8. The first kappa shape index (κ1) is 17.1. The standard InChI is InChI=1S/C17H27N3O2/c18-14-15-4-1-2-5-16(15)17(22)6-3-7-19-8-10-20(11-9-19)12-13-21/h1-2,4-5,21H,3,6-14,18H2. The van der Waals surface area contributed by atoms with Crippen LogP contribution in [-0.4, -0.2) is 66.6 Å². The van der Waals surface area contributed by atoms with Crippen molar-refractivity contribution in [2.75, 3.05) is 45.9 Å². The van der Waals surface area contributed by atoms with Gasteiger partial charge in [0.05, 0.1) is 6.61 Å². The van der Waals surface area contributed by atoms with Crippen molar-refractivity contribution in [3.05, 3.63) is 35.4 Å². The van der Waals surface area contributed by atoms with Crippen LogP contribution in [0.1, 0.15) is 28.8 Å². The van der Waals surface area contributed by atoms with E-state index in [1.165, 1.54) is 0 Å². The normalized spacial score (nSPS) is 16.8. The van der Waals surface area contributed by atoms with Crippen molar-refractivity contribution in [1.82, 2.24) is 9.80 Å². The number of benzene rings is 1. The van der Waals surface area contributed by atoms with Crippen molar-refractivity contribution in [1.29, 1.82) is 0 Å². The lowest BCUT2D eigenvalue weighted by Crippen LogP contribution is -2.47. The minimum atomic E-state index is 0.194. The molecule has 5 heteroatoms. The second kappa shape index (κ2) is 9.00. The molecule has 22 heavy (non-hydrogen) atoms. The first-order valence-corrected chi connectivity index (χ1v) is 8.11. The van der Waals surface area contributed by atoms with Crippen LogP contribution in [0.2, 0.25) is 0 Å². The lowest BCUT2D eigenvalue weighted by atomic mass is 10.0. The van der Waals surface area contributed by atoms with Gasteiger partial charge in [0.15, 0.2) is 5.78 Å². The summed E-state index contributed by atoms with van der Waals surface area (Å²) < 4.78 is 0. The van der Waals surface area contributed by atoms with Crippen LogP contribution in [0.5, 0.6) is 0 Å². The molecule has 1 aromatic carbocycles. The third kappa shape index (κ3) is 4.88. The highest BCUT2D eigenvalue weighted by Gasteiger charge is 2.16. The van der Waals surface area contributed by atoms with Crippen LogP contribution < -0.4 is 5.73 Å². The number of carbonyl (C=O) groups is 1. The molecular formula is C17H27N3O2. The van der Waals surface area contributed by atoms with Crippen LogP contribution in [0.4, 0.5) is 0 Å². The van der Waals surface area contributed by atoms with Crippen LogP contribution in [0.15, 0.2) is 24.3 Å². The number of aliphatic hydroxyl groups is 1. The molecule has 1 aliphatic heterocycles. The van der Waals surface area contributed by atoms with Crippen molar-refractivity contribution in [3.8, 4) is 0 Å². The molecule has 0 atom stereocenters. The largest absolute Gasteiger partial charge is 0.395 e. The van der Waals surface area contributed by atoms with Gasteiger partial charge in [-0.15, -0.1) is 0 Å². The Morgan fingerprint density at radius 1 is 1.09 bits per heavy atom. The Morgan fingerprint density at radius 2 is 1.73 bits per heavy atom. The zero-order valence-corrected chi connectivity index (χ0v) is 13.2. The van der Waals surface area contributed by atoms with Gasteiger partial charge in [0.25, 0.3) is 0 Å². The second-order valence-corrected chi connectivity index (χ2v) is 5.79. The van der Waals surface area contributed by atoms with E-state index in [-0.39, 0.29) is 12.4 Å². The van der Waals surface area contributed by atoms with Crippen LogP contribution in [0.25, 0.3) is 0 Å². The number of Topliss-reactive ketones (excluding diaryl/α,β-unsaturated/α-hetero) is 1. The minimum absolute atomic E-state index is 0.194. The van der Waals surface area contributed by atoms with Crippen molar-refractivity contribution >= 4 is 5.78 Å². The molecule has 0 amide bonds. The highest BCUT2D eigenvalue weighted by molar-refractivity contribution is 5.97. The molecule has 122 valence electrons. The Kier molecular flexibility index (Phi) is 6.99. The third-order valence-corrected chi connectivity index (χ3v) is 4.30. The highest BCUT2D eigenvalue weighted by Crippen LogP contribution is 2.12. The molecule has 1 fully saturated rings. The lowest BCUT2D eigenvalue weighted by Gasteiger charge is -2.34. The monoisotopic (exact) mass is 305 g/mol. The summed E-state index contributed by atoms with van der Waals surface area (Å²) in [5.74, 6) is 0.194. The maximum absolute atomic E-state index is 12.3. The highest BCUT2D eigenvalue weighted by atomic mass is 16.3. The zero-order chi connectivity index (χ0) is 15.8. The van der Waals surface area contributed by atoms with Crippen molar-refractivity contribution in [2.24, 2.45) is 5.73 Å². The molecule has 2 rings (SSSR count). The third-order valence-electron chi connectivity index (χ3n) is 4.30. The minimum Gasteiger partial charge on any atom is -0.395 e. The number of β-amino-alcohol motifs (C(OH)–C–C–N with tert-alkyl or cyclic N) is 1. The number of aliphatic hydroxyl groups excluding tert-OH is 1. The summed E-state index contributed by atoms with van der Waals surface area (Å²) in [6, 6.07) is 7.61. The predicted molar refractivity (Wildman–Crippen MR) is 87.9 cm³/mol. The van der Waals surface area contributed by atoms with Crippen LogP contribution >= 0.6 is 0 Å². The Bertz CT molecular complexity index is 471. The Hall–Kier alpha value is -1.27. The van der Waals surface area contributed by atoms with Gasteiger partial charge in [0, 0.05) is 51.3 Å². The van der Waals surface area contributed by atoms with Crippen molar-refractivity contribution in [3.63, 3.8) is 0 Å². The topological polar surface area (TPSA) is 69.8 Å². The molecule has 0 saturated carbocycles. The van der Waals surface area contributed by atoms with E-state index >= 15 is 0 Å². The fourth-order valence-electron chi connectivity index (χ4n) is 2.95. The number of nitrogens with zero attached hydrogens (tertiary/aromatic N) is 2. The van der Waals surface area contributed by atoms with Gasteiger partial charge in [-0.3, -0.25) is 9.69 Å². The quantitative estimate of drug-likeness (QED) is 0.693. The van der Waals surface area contributed by atoms with Gasteiger partial charge in [0.2, 0.25) is 0 Å². The van der Waals surface area contributed by atoms with Crippen molar-refractivity contribution in [2.45, 2.75) is 19.4 Å². The number of ketones is 1. The molecule has 1 aliphatic rings. The van der Waals surface area contributed by atoms with Gasteiger partial charge >= 0.3 is 0 Å². The van der Waals surface area contributed by atoms with E-state index in [1.807, 2.05) is 24.3 Å². The molecule has 0 unspecified atom stereocenters. The predicted octanol–water partition coefficient (Wildman–Crippen LogP) is 0.718. The lowest BCUT2D eigenvalue weighted by molar-refractivity contribution is 0.0948. The van der Waals surface area contributed by atoms with Gasteiger partial charge in [-0.1, -0.05) is 24.3 Å². The summed E-state index contributed by atoms with van der Waals surface area (Å²) in [5, 5.41) is 8.94. The first-order chi connectivity index (χ1) is 10.7. The maximum Gasteiger partial charge on any atom is 0.163 e. The van der Waals surface area contributed by atoms with Gasteiger partial charge < -0.3 is 15.7 Å². The number of hydrogen-bond donors (Lipinski definition) is 2. The van der Waals surface area contributed by atoms with E-state index in [2.05, 4.69) is 9.80 Å². The van der Waals surface area contributed by atoms with E-state index in [9.17, 15) is 4.79 Å². The zero-order valence-electron chi connectivity index (χ0n) is 13.2. The smallest absolute Gasteiger partial charge is 0.163 e. The molecular weight excluding hydrogens is 278 g/mol. The number of nitrogens with two attached hydrogens (primary N) is 1. The molecule has 1 aromatic rings. The average Bonchev–Trinajstić information content (AvgIpc) is 2.56. The number of piperazine rings is 1. The van der Waals surface area contributed by atoms with Crippen LogP contribution in [0.3, 0.4) is 0 Å². The molecule has 0 radical (unpaired) electrons. The molecule has 3 N–H and O–H groups in total. The fourth-order valence-corrected chi connectivity index (χ4v) is 2.95. The summed E-state index contributed by atoms with van der Waals surface area (Å²) in [5.41, 5.74) is 7.40. The molecule has 0 spiro atoms. The van der Waals surface area contributed by atoms with E-state index in [0.29, 0.717) is 13.0 Å². The maximum atomic E-state index is 12.3. The van der Waals surface area contributed by atoms with Gasteiger partial charge in [-0.2, -0.15) is 0 Å². The summed E-state index contributed by atoms with van der Waals surface area (Å²) in [6.45, 7) is 6.42. The summed E-state index contributed by atoms with van der Waals surface area (Å²) >= 11 is 0. The Morgan fingerprint density at radius 3 is 2.36 bits per heavy atom. The molecule has 1 heterocycles. The Balaban J connectivity index is 1.72. The molecule has 0 aliphatic carbocycles. The first-order valence-electron chi connectivity index (χ1n) is 8.11. The van der Waals surface area contributed by atoms with Crippen LogP contribution in [0, 0.1) is 0 Å². The summed E-state index contributed by atoms with van der Waals surface area (Å²) in [4.78, 5) is 17.0. The second-order valence-electron chi connectivity index (χ2n) is 5.79. The molecule has 5 nitrogen and oxygen atoms in total. The van der Waals surface area contributed by atoms with Gasteiger partial charge in [-0.05, 0) is 18.5 Å². The number of hydrogen-bond acceptors (Lipinski definition) is 5. The van der Waals surface area contributed by atoms with E-state index < -0.39 is 0 Å². The van der Waals surface area contributed by atoms with Crippen molar-refractivity contribution < 1.29 is 9.90 Å². The SMILES string of the molecule is NCc1ccccc1C(=O)CCCN1CCN(CCO)CC1. The van der Waals surface area contributed by atoms with E-state index in [4.69, 9.17) is 10.8 Å². The molecule has 1 saturated heterocycles. The average molecular weight is 305 g/mol. The molecule has 0 aromatic heterocycles.